The molecule has 2 atom stereocenters. The molecule has 18 heavy (non-hydrogen) atoms. The molecule has 0 radical (unpaired) electrons. The maximum atomic E-state index is 10.9. The fourth-order valence-corrected chi connectivity index (χ4v) is 4.24. The topological polar surface area (TPSA) is 53.4 Å². The first-order valence-corrected chi connectivity index (χ1v) is 7.59. The van der Waals surface area contributed by atoms with Gasteiger partial charge in [-0.1, -0.05) is 12.8 Å². The molecule has 3 rings (SSSR count). The quantitative estimate of drug-likeness (QED) is 0.894. The molecule has 5 heteroatoms. The van der Waals surface area contributed by atoms with Crippen LogP contribution in [0, 0.1) is 5.92 Å². The molecule has 2 aliphatic rings. The van der Waals surface area contributed by atoms with Gasteiger partial charge in [0.15, 0.2) is 10.8 Å². The molecular formula is C13H18N2O2S. The Morgan fingerprint density at radius 3 is 2.89 bits per heavy atom. The van der Waals surface area contributed by atoms with Crippen molar-refractivity contribution in [2.75, 3.05) is 11.4 Å². The van der Waals surface area contributed by atoms with Gasteiger partial charge in [-0.2, -0.15) is 0 Å². The fraction of sp³-hybridized carbons (Fsp3) is 0.692. The summed E-state index contributed by atoms with van der Waals surface area (Å²) in [5, 5.41) is 11.5. The summed E-state index contributed by atoms with van der Waals surface area (Å²) >= 11 is 1.47. The first kappa shape index (κ1) is 12.0. The molecule has 4 nitrogen and oxygen atoms in total. The van der Waals surface area contributed by atoms with Crippen LogP contribution in [0.5, 0.6) is 0 Å². The summed E-state index contributed by atoms with van der Waals surface area (Å²) < 4.78 is 0. The lowest BCUT2D eigenvalue weighted by Gasteiger charge is -2.44. The highest BCUT2D eigenvalue weighted by molar-refractivity contribution is 7.13. The Morgan fingerprint density at radius 2 is 2.11 bits per heavy atom. The molecule has 1 aliphatic heterocycles. The van der Waals surface area contributed by atoms with Crippen LogP contribution >= 0.6 is 11.3 Å². The number of thiazole rings is 1. The van der Waals surface area contributed by atoms with E-state index in [9.17, 15) is 4.79 Å². The number of hydrogen-bond acceptors (Lipinski definition) is 4. The van der Waals surface area contributed by atoms with Crippen LogP contribution in [-0.4, -0.2) is 28.6 Å². The highest BCUT2D eigenvalue weighted by atomic mass is 32.1. The zero-order valence-corrected chi connectivity index (χ0v) is 11.2. The minimum atomic E-state index is -0.922. The van der Waals surface area contributed by atoms with Gasteiger partial charge in [0.25, 0.3) is 0 Å². The van der Waals surface area contributed by atoms with Crippen molar-refractivity contribution in [3.8, 4) is 0 Å². The number of rotatable bonds is 2. The van der Waals surface area contributed by atoms with Crippen LogP contribution in [0.3, 0.4) is 0 Å². The summed E-state index contributed by atoms with van der Waals surface area (Å²) in [5.41, 5.74) is 0.188. The van der Waals surface area contributed by atoms with Crippen LogP contribution in [0.4, 0.5) is 5.13 Å². The second-order valence-corrected chi connectivity index (χ2v) is 6.10. The van der Waals surface area contributed by atoms with E-state index >= 15 is 0 Å². The van der Waals surface area contributed by atoms with Crippen LogP contribution in [-0.2, 0) is 0 Å². The maximum absolute atomic E-state index is 10.9. The zero-order valence-electron chi connectivity index (χ0n) is 10.3. The summed E-state index contributed by atoms with van der Waals surface area (Å²) in [6.07, 6.45) is 7.77. The lowest BCUT2D eigenvalue weighted by atomic mass is 9.78. The lowest BCUT2D eigenvalue weighted by Crippen LogP contribution is -2.46. The minimum Gasteiger partial charge on any atom is -0.476 e. The Labute approximate surface area is 111 Å². The van der Waals surface area contributed by atoms with Gasteiger partial charge in [0.05, 0.1) is 0 Å². The smallest absolute Gasteiger partial charge is 0.355 e. The van der Waals surface area contributed by atoms with Crippen molar-refractivity contribution in [2.45, 2.75) is 44.6 Å². The molecule has 2 unspecified atom stereocenters. The van der Waals surface area contributed by atoms with Gasteiger partial charge >= 0.3 is 5.97 Å². The Balaban J connectivity index is 1.82. The SMILES string of the molecule is O=C(O)c1csc(N2CCCC3CCCCC32)n1. The number of fused-ring (bicyclic) bond motifs is 1. The largest absolute Gasteiger partial charge is 0.476 e. The molecule has 2 fully saturated rings. The van der Waals surface area contributed by atoms with E-state index in [4.69, 9.17) is 5.11 Å². The number of carbonyl (C=O) groups is 1. The van der Waals surface area contributed by atoms with Crippen molar-refractivity contribution in [1.82, 2.24) is 4.98 Å². The van der Waals surface area contributed by atoms with Gasteiger partial charge in [0.2, 0.25) is 0 Å². The Bertz CT molecular complexity index is 444. The average Bonchev–Trinajstić information content (AvgIpc) is 2.87. The van der Waals surface area contributed by atoms with Gasteiger partial charge in [-0.05, 0) is 31.6 Å². The van der Waals surface area contributed by atoms with Crippen molar-refractivity contribution in [1.29, 1.82) is 0 Å². The van der Waals surface area contributed by atoms with Crippen molar-refractivity contribution >= 4 is 22.4 Å². The summed E-state index contributed by atoms with van der Waals surface area (Å²) in [7, 11) is 0. The van der Waals surface area contributed by atoms with E-state index in [1.54, 1.807) is 5.38 Å². The van der Waals surface area contributed by atoms with E-state index in [0.29, 0.717) is 6.04 Å². The highest BCUT2D eigenvalue weighted by Gasteiger charge is 2.34. The van der Waals surface area contributed by atoms with Crippen LogP contribution in [0.15, 0.2) is 5.38 Å². The number of nitrogens with zero attached hydrogens (tertiary/aromatic N) is 2. The molecule has 1 N–H and O–H groups in total. The molecule has 1 saturated heterocycles. The van der Waals surface area contributed by atoms with Crippen molar-refractivity contribution in [2.24, 2.45) is 5.92 Å². The maximum Gasteiger partial charge on any atom is 0.355 e. The number of aromatic carboxylic acids is 1. The summed E-state index contributed by atoms with van der Waals surface area (Å²) in [4.78, 5) is 17.5. The molecule has 0 spiro atoms. The predicted octanol–water partition coefficient (Wildman–Crippen LogP) is 3.00. The molecular weight excluding hydrogens is 248 g/mol. The van der Waals surface area contributed by atoms with Crippen LogP contribution in [0.1, 0.15) is 49.0 Å². The summed E-state index contributed by atoms with van der Waals surface area (Å²) in [6, 6.07) is 0.597. The van der Waals surface area contributed by atoms with Gasteiger partial charge < -0.3 is 10.0 Å². The van der Waals surface area contributed by atoms with Gasteiger partial charge in [-0.15, -0.1) is 11.3 Å². The molecule has 1 aliphatic carbocycles. The van der Waals surface area contributed by atoms with Crippen molar-refractivity contribution in [3.63, 3.8) is 0 Å². The van der Waals surface area contributed by atoms with Gasteiger partial charge in [-0.25, -0.2) is 9.78 Å². The van der Waals surface area contributed by atoms with Gasteiger partial charge in [0, 0.05) is 18.0 Å². The number of carboxylic acids is 1. The first-order chi connectivity index (χ1) is 8.75. The van der Waals surface area contributed by atoms with E-state index in [1.807, 2.05) is 0 Å². The molecule has 1 aromatic heterocycles. The van der Waals surface area contributed by atoms with E-state index in [-0.39, 0.29) is 5.69 Å². The molecule has 2 heterocycles. The normalized spacial score (nSPS) is 27.9. The van der Waals surface area contributed by atoms with Crippen LogP contribution < -0.4 is 4.90 Å². The van der Waals surface area contributed by atoms with Gasteiger partial charge in [-0.3, -0.25) is 0 Å². The molecule has 1 aromatic rings. The fourth-order valence-electron chi connectivity index (χ4n) is 3.36. The van der Waals surface area contributed by atoms with E-state index in [2.05, 4.69) is 9.88 Å². The second-order valence-electron chi connectivity index (χ2n) is 5.27. The van der Waals surface area contributed by atoms with E-state index in [1.165, 1.54) is 49.9 Å². The number of carboxylic acid groups (broad SMARTS) is 1. The third kappa shape index (κ3) is 2.11. The van der Waals surface area contributed by atoms with E-state index in [0.717, 1.165) is 17.6 Å². The number of piperidine rings is 1. The zero-order chi connectivity index (χ0) is 12.5. The van der Waals surface area contributed by atoms with Gasteiger partial charge in [0.1, 0.15) is 0 Å². The van der Waals surface area contributed by atoms with Crippen LogP contribution in [0.25, 0.3) is 0 Å². The van der Waals surface area contributed by atoms with Crippen molar-refractivity contribution in [3.05, 3.63) is 11.1 Å². The molecule has 98 valence electrons. The third-order valence-corrected chi connectivity index (χ3v) is 5.08. The Hall–Kier alpha value is -1.10. The van der Waals surface area contributed by atoms with E-state index < -0.39 is 5.97 Å². The van der Waals surface area contributed by atoms with Crippen molar-refractivity contribution < 1.29 is 9.90 Å². The summed E-state index contributed by atoms with van der Waals surface area (Å²) in [5.74, 6) is -0.126. The second kappa shape index (κ2) is 4.88. The molecule has 1 saturated carbocycles. The predicted molar refractivity (Wildman–Crippen MR) is 71.4 cm³/mol. The molecule has 0 amide bonds. The van der Waals surface area contributed by atoms with Crippen LogP contribution in [0.2, 0.25) is 0 Å². The Kier molecular flexibility index (Phi) is 3.24. The molecule has 0 aromatic carbocycles. The highest BCUT2D eigenvalue weighted by Crippen LogP contribution is 2.38. The number of aromatic nitrogens is 1. The average molecular weight is 266 g/mol. The minimum absolute atomic E-state index is 0.188. The number of anilines is 1. The Morgan fingerprint density at radius 1 is 1.33 bits per heavy atom. The summed E-state index contributed by atoms with van der Waals surface area (Å²) in [6.45, 7) is 1.04. The first-order valence-electron chi connectivity index (χ1n) is 6.71. The third-order valence-electron chi connectivity index (χ3n) is 4.20. The lowest BCUT2D eigenvalue weighted by molar-refractivity contribution is 0.0691. The number of hydrogen-bond donors (Lipinski definition) is 1. The molecule has 0 bridgehead atoms. The standard InChI is InChI=1S/C13H18N2O2S/c16-12(17)10-8-18-13(14-10)15-7-3-5-9-4-1-2-6-11(9)15/h8-9,11H,1-7H2,(H,16,17). The monoisotopic (exact) mass is 266 g/mol.